The fourth-order valence-electron chi connectivity index (χ4n) is 2.48. The summed E-state index contributed by atoms with van der Waals surface area (Å²) in [6.45, 7) is 0.101. The quantitative estimate of drug-likeness (QED) is 0.390. The van der Waals surface area contributed by atoms with E-state index in [0.29, 0.717) is 22.3 Å². The zero-order chi connectivity index (χ0) is 17.3. The van der Waals surface area contributed by atoms with Gasteiger partial charge in [0.25, 0.3) is 5.69 Å². The molecule has 0 radical (unpaired) electrons. The highest BCUT2D eigenvalue weighted by atomic mass is 35.5. The summed E-state index contributed by atoms with van der Waals surface area (Å²) >= 11 is 5.98. The van der Waals surface area contributed by atoms with Gasteiger partial charge in [0.1, 0.15) is 11.1 Å². The summed E-state index contributed by atoms with van der Waals surface area (Å²) in [6, 6.07) is 4.17. The molecule has 2 N–H and O–H groups in total. The first-order chi connectivity index (χ1) is 11.5. The number of aromatic nitrogens is 2. The zero-order valence-electron chi connectivity index (χ0n) is 12.3. The van der Waals surface area contributed by atoms with Gasteiger partial charge in [-0.3, -0.25) is 10.1 Å². The van der Waals surface area contributed by atoms with E-state index in [1.54, 1.807) is 4.90 Å². The standard InChI is InChI=1S/C14H13ClN4O5/c15-14-16-11-9-7-8(19(22)23)1-2-10(9)24-12(11)13(17-14)18(3-5-20)4-6-21/h1-2,7,20-21H,3-6H2. The Bertz CT molecular complexity index is 907. The summed E-state index contributed by atoms with van der Waals surface area (Å²) in [7, 11) is 0. The van der Waals surface area contributed by atoms with Crippen LogP contribution in [0.25, 0.3) is 22.1 Å². The van der Waals surface area contributed by atoms with Gasteiger partial charge >= 0.3 is 0 Å². The van der Waals surface area contributed by atoms with Gasteiger partial charge in [0, 0.05) is 25.2 Å². The third-order valence-electron chi connectivity index (χ3n) is 3.50. The normalized spacial score (nSPS) is 11.3. The number of furan rings is 1. The molecule has 10 heteroatoms. The third-order valence-corrected chi connectivity index (χ3v) is 3.67. The number of nitro groups is 1. The van der Waals surface area contributed by atoms with Crippen molar-refractivity contribution in [2.45, 2.75) is 0 Å². The van der Waals surface area contributed by atoms with Crippen molar-refractivity contribution >= 4 is 45.2 Å². The number of nitrogens with zero attached hydrogens (tertiary/aromatic N) is 4. The van der Waals surface area contributed by atoms with E-state index in [1.807, 2.05) is 0 Å². The maximum absolute atomic E-state index is 11.0. The van der Waals surface area contributed by atoms with E-state index in [2.05, 4.69) is 9.97 Å². The maximum atomic E-state index is 11.0. The Morgan fingerprint density at radius 2 is 1.96 bits per heavy atom. The second-order valence-electron chi connectivity index (χ2n) is 4.97. The Morgan fingerprint density at radius 3 is 2.58 bits per heavy atom. The molecule has 0 spiro atoms. The van der Waals surface area contributed by atoms with Crippen molar-refractivity contribution in [3.05, 3.63) is 33.6 Å². The molecule has 3 aromatic rings. The Labute approximate surface area is 140 Å². The first-order valence-electron chi connectivity index (χ1n) is 7.06. The molecule has 0 atom stereocenters. The molecule has 0 saturated heterocycles. The van der Waals surface area contributed by atoms with Crippen LogP contribution in [0.2, 0.25) is 5.28 Å². The molecule has 1 aromatic carbocycles. The van der Waals surface area contributed by atoms with Crippen LogP contribution in [0.5, 0.6) is 0 Å². The minimum atomic E-state index is -0.508. The lowest BCUT2D eigenvalue weighted by atomic mass is 10.2. The number of aliphatic hydroxyl groups excluding tert-OH is 2. The highest BCUT2D eigenvalue weighted by Crippen LogP contribution is 2.35. The fraction of sp³-hybridized carbons (Fsp3) is 0.286. The molecule has 0 unspecified atom stereocenters. The number of hydrogen-bond donors (Lipinski definition) is 2. The molecule has 0 fully saturated rings. The van der Waals surface area contributed by atoms with Crippen LogP contribution in [0.1, 0.15) is 0 Å². The minimum Gasteiger partial charge on any atom is -0.450 e. The van der Waals surface area contributed by atoms with Crippen molar-refractivity contribution in [3.8, 4) is 0 Å². The SMILES string of the molecule is O=[N+]([O-])c1ccc2oc3c(N(CCO)CCO)nc(Cl)nc3c2c1. The zero-order valence-corrected chi connectivity index (χ0v) is 13.1. The molecule has 3 rings (SSSR count). The minimum absolute atomic E-state index is 0.0624. The highest BCUT2D eigenvalue weighted by molar-refractivity contribution is 6.29. The Kier molecular flexibility index (Phi) is 4.47. The van der Waals surface area contributed by atoms with Gasteiger partial charge in [-0.1, -0.05) is 0 Å². The number of anilines is 1. The number of halogens is 1. The maximum Gasteiger partial charge on any atom is 0.270 e. The predicted octanol–water partition coefficient (Wildman–Crippen LogP) is 1.73. The van der Waals surface area contributed by atoms with Gasteiger partial charge in [0.05, 0.1) is 23.5 Å². The van der Waals surface area contributed by atoms with Gasteiger partial charge in [-0.2, -0.15) is 4.98 Å². The van der Waals surface area contributed by atoms with Gasteiger partial charge in [0.15, 0.2) is 11.4 Å². The Balaban J connectivity index is 2.27. The van der Waals surface area contributed by atoms with Gasteiger partial charge in [-0.15, -0.1) is 0 Å². The van der Waals surface area contributed by atoms with Gasteiger partial charge in [-0.05, 0) is 17.7 Å². The van der Waals surface area contributed by atoms with Crippen LogP contribution in [-0.2, 0) is 0 Å². The summed E-state index contributed by atoms with van der Waals surface area (Å²) in [5, 5.41) is 29.7. The van der Waals surface area contributed by atoms with E-state index in [4.69, 9.17) is 16.0 Å². The summed E-state index contributed by atoms with van der Waals surface area (Å²) in [5.41, 5.74) is 0.937. The lowest BCUT2D eigenvalue weighted by Gasteiger charge is -2.21. The highest BCUT2D eigenvalue weighted by Gasteiger charge is 2.21. The molecule has 0 saturated carbocycles. The van der Waals surface area contributed by atoms with Gasteiger partial charge in [-0.25, -0.2) is 4.98 Å². The van der Waals surface area contributed by atoms with E-state index in [1.165, 1.54) is 18.2 Å². The number of rotatable bonds is 6. The Hall–Kier alpha value is -2.49. The van der Waals surface area contributed by atoms with Crippen molar-refractivity contribution in [3.63, 3.8) is 0 Å². The number of non-ortho nitro benzene ring substituents is 1. The third kappa shape index (κ3) is 2.84. The van der Waals surface area contributed by atoms with Crippen LogP contribution in [0.15, 0.2) is 22.6 Å². The first-order valence-corrected chi connectivity index (χ1v) is 7.43. The molecule has 2 heterocycles. The van der Waals surface area contributed by atoms with Crippen molar-refractivity contribution in [2.75, 3.05) is 31.2 Å². The number of nitro benzene ring substituents is 1. The van der Waals surface area contributed by atoms with Crippen LogP contribution in [0, 0.1) is 10.1 Å². The van der Waals surface area contributed by atoms with Gasteiger partial charge in [0.2, 0.25) is 5.28 Å². The van der Waals surface area contributed by atoms with Crippen LogP contribution in [-0.4, -0.2) is 51.4 Å². The lowest BCUT2D eigenvalue weighted by Crippen LogP contribution is -2.30. The van der Waals surface area contributed by atoms with E-state index in [-0.39, 0.29) is 42.9 Å². The molecule has 0 aliphatic rings. The number of hydrogen-bond acceptors (Lipinski definition) is 8. The number of benzene rings is 1. The molecule has 2 aromatic heterocycles. The number of fused-ring (bicyclic) bond motifs is 3. The predicted molar refractivity (Wildman–Crippen MR) is 87.4 cm³/mol. The van der Waals surface area contributed by atoms with Crippen molar-refractivity contribution < 1.29 is 19.6 Å². The summed E-state index contributed by atoms with van der Waals surface area (Å²) < 4.78 is 5.74. The molecule has 126 valence electrons. The van der Waals surface area contributed by atoms with Crippen molar-refractivity contribution in [2.24, 2.45) is 0 Å². The van der Waals surface area contributed by atoms with E-state index in [9.17, 15) is 20.3 Å². The van der Waals surface area contributed by atoms with Crippen LogP contribution < -0.4 is 4.90 Å². The summed E-state index contributed by atoms with van der Waals surface area (Å²) in [6.07, 6.45) is 0. The second-order valence-corrected chi connectivity index (χ2v) is 5.31. The summed E-state index contributed by atoms with van der Waals surface area (Å²) in [5.74, 6) is 0.312. The van der Waals surface area contributed by atoms with E-state index < -0.39 is 4.92 Å². The van der Waals surface area contributed by atoms with Crippen molar-refractivity contribution in [1.29, 1.82) is 0 Å². The number of aliphatic hydroxyl groups is 2. The van der Waals surface area contributed by atoms with E-state index >= 15 is 0 Å². The van der Waals surface area contributed by atoms with Gasteiger partial charge < -0.3 is 19.5 Å². The molecule has 9 nitrogen and oxygen atoms in total. The molecule has 0 amide bonds. The second kappa shape index (κ2) is 6.56. The van der Waals surface area contributed by atoms with Crippen molar-refractivity contribution in [1.82, 2.24) is 9.97 Å². The van der Waals surface area contributed by atoms with Crippen LogP contribution in [0.3, 0.4) is 0 Å². The summed E-state index contributed by atoms with van der Waals surface area (Å²) in [4.78, 5) is 20.3. The molecular formula is C14H13ClN4O5. The molecule has 24 heavy (non-hydrogen) atoms. The molecule has 0 bridgehead atoms. The van der Waals surface area contributed by atoms with Crippen LogP contribution >= 0.6 is 11.6 Å². The van der Waals surface area contributed by atoms with E-state index in [0.717, 1.165) is 0 Å². The first kappa shape index (κ1) is 16.4. The Morgan fingerprint density at radius 1 is 1.25 bits per heavy atom. The smallest absolute Gasteiger partial charge is 0.270 e. The van der Waals surface area contributed by atoms with Crippen LogP contribution in [0.4, 0.5) is 11.5 Å². The average Bonchev–Trinajstić information content (AvgIpc) is 2.91. The fourth-order valence-corrected chi connectivity index (χ4v) is 2.65. The molecule has 0 aliphatic heterocycles. The molecular weight excluding hydrogens is 340 g/mol. The average molecular weight is 353 g/mol. The molecule has 0 aliphatic carbocycles. The monoisotopic (exact) mass is 352 g/mol. The lowest BCUT2D eigenvalue weighted by molar-refractivity contribution is -0.384. The topological polar surface area (TPSA) is 126 Å². The largest absolute Gasteiger partial charge is 0.450 e.